The van der Waals surface area contributed by atoms with Crippen molar-refractivity contribution in [3.05, 3.63) is 192 Å². The summed E-state index contributed by atoms with van der Waals surface area (Å²) in [6.07, 6.45) is 4.65. The minimum absolute atomic E-state index is 0. The molecule has 0 saturated heterocycles. The Kier molecular flexibility index (Phi) is 18.2. The Balaban J connectivity index is 0.000000216. The van der Waals surface area contributed by atoms with Crippen molar-refractivity contribution in [2.24, 2.45) is 0 Å². The van der Waals surface area contributed by atoms with Crippen LogP contribution in [0.5, 0.6) is 0 Å². The van der Waals surface area contributed by atoms with E-state index in [1.807, 2.05) is 0 Å². The molecule has 0 aliphatic heterocycles. The van der Waals surface area contributed by atoms with Crippen molar-refractivity contribution in [2.75, 3.05) is 0 Å². The Bertz CT molecular complexity index is 1300. The second-order valence-electron chi connectivity index (χ2n) is 9.99. The van der Waals surface area contributed by atoms with Crippen molar-refractivity contribution in [2.45, 2.75) is 24.6 Å². The van der Waals surface area contributed by atoms with Gasteiger partial charge in [-0.15, -0.1) is 26.5 Å². The molecule has 0 atom stereocenters. The van der Waals surface area contributed by atoms with Crippen LogP contribution in [-0.2, 0) is 57.7 Å². The standard InChI is InChI=1S/2C19H18P.2ClH.Fe.Pd/c2*1-3-9-17(10-4-1)15-20(19-13-7-8-14-19)16-18-11-5-2-6-12-18;;;;/h2*1-14H,15-16H2;2*1H;;/q2*-1;;;2*+2/p-2. The summed E-state index contributed by atoms with van der Waals surface area (Å²) in [7, 11) is 9.29. The molecule has 6 aromatic carbocycles. The summed E-state index contributed by atoms with van der Waals surface area (Å²) >= 11 is -0.106. The summed E-state index contributed by atoms with van der Waals surface area (Å²) in [6, 6.07) is 61.1. The normalized spacial score (nSPS) is 10.4. The van der Waals surface area contributed by atoms with Crippen LogP contribution in [0, 0.1) is 0 Å². The van der Waals surface area contributed by atoms with E-state index in [-0.39, 0.29) is 48.9 Å². The van der Waals surface area contributed by atoms with Crippen LogP contribution >= 0.6 is 34.9 Å². The average Bonchev–Trinajstić information content (AvgIpc) is 3.79. The van der Waals surface area contributed by atoms with Gasteiger partial charge in [0.05, 0.1) is 0 Å². The molecule has 0 amide bonds. The van der Waals surface area contributed by atoms with E-state index in [4.69, 9.17) is 19.1 Å². The van der Waals surface area contributed by atoms with Gasteiger partial charge in [0.1, 0.15) is 0 Å². The SMILES string of the molecule is [Cl][Pd][Cl].[Fe+2].c1ccc(CP(Cc2ccccc2)[c-]2cccc2)cc1.c1ccc(CP(Cc2ccccc2)[c-]2cccc2)cc1. The molecule has 0 aliphatic carbocycles. The quantitative estimate of drug-likeness (QED) is 0.0737. The van der Waals surface area contributed by atoms with Gasteiger partial charge in [0.2, 0.25) is 0 Å². The Labute approximate surface area is 293 Å². The van der Waals surface area contributed by atoms with Crippen molar-refractivity contribution in [3.8, 4) is 0 Å². The minimum Gasteiger partial charge on any atom is -0.213 e. The van der Waals surface area contributed by atoms with E-state index in [1.54, 1.807) is 0 Å². The molecule has 0 saturated carbocycles. The van der Waals surface area contributed by atoms with Crippen molar-refractivity contribution in [1.29, 1.82) is 0 Å². The Morgan fingerprint density at radius 1 is 0.386 bits per heavy atom. The largest absolute Gasteiger partial charge is 2.00 e. The molecule has 230 valence electrons. The third kappa shape index (κ3) is 13.3. The van der Waals surface area contributed by atoms with Crippen molar-refractivity contribution in [3.63, 3.8) is 0 Å². The Morgan fingerprint density at radius 2 is 0.591 bits per heavy atom. The van der Waals surface area contributed by atoms with Crippen LogP contribution in [0.15, 0.2) is 170 Å². The summed E-state index contributed by atoms with van der Waals surface area (Å²) in [5, 5.41) is 3.01. The second-order valence-corrected chi connectivity index (χ2v) is 16.8. The van der Waals surface area contributed by atoms with Gasteiger partial charge in [-0.3, -0.25) is 0 Å². The zero-order valence-electron chi connectivity index (χ0n) is 24.3. The topological polar surface area (TPSA) is 0 Å². The fourth-order valence-electron chi connectivity index (χ4n) is 4.84. The molecule has 0 aromatic heterocycles. The molecule has 0 fully saturated rings. The number of hydrogen-bond donors (Lipinski definition) is 0. The maximum atomic E-state index is 4.81. The van der Waals surface area contributed by atoms with E-state index in [0.717, 1.165) is 24.6 Å². The number of hydrogen-bond acceptors (Lipinski definition) is 0. The van der Waals surface area contributed by atoms with Gasteiger partial charge in [0, 0.05) is 0 Å². The summed E-state index contributed by atoms with van der Waals surface area (Å²) < 4.78 is 0. The van der Waals surface area contributed by atoms with Gasteiger partial charge in [-0.25, -0.2) is 24.3 Å². The molecule has 44 heavy (non-hydrogen) atoms. The van der Waals surface area contributed by atoms with E-state index in [9.17, 15) is 0 Å². The first-order chi connectivity index (χ1) is 21.2. The third-order valence-corrected chi connectivity index (χ3v) is 11.9. The molecular weight excluding hydrogens is 752 g/mol. The van der Waals surface area contributed by atoms with Gasteiger partial charge < -0.3 is 0 Å². The molecule has 0 unspecified atom stereocenters. The molecule has 0 N–H and O–H groups in total. The molecule has 6 rings (SSSR count). The predicted octanol–water partition coefficient (Wildman–Crippen LogP) is 11.2. The average molecular weight is 788 g/mol. The molecule has 0 heterocycles. The number of benzene rings is 4. The summed E-state index contributed by atoms with van der Waals surface area (Å²) in [6.45, 7) is 0. The smallest absolute Gasteiger partial charge is 0.213 e. The summed E-state index contributed by atoms with van der Waals surface area (Å²) in [5.41, 5.74) is 5.76. The molecule has 0 bridgehead atoms. The van der Waals surface area contributed by atoms with Gasteiger partial charge >= 0.3 is 52.1 Å². The first-order valence-corrected chi connectivity index (χ1v) is 21.6. The fourth-order valence-corrected chi connectivity index (χ4v) is 9.59. The van der Waals surface area contributed by atoms with Gasteiger partial charge in [-0.05, 0) is 46.9 Å². The summed E-state index contributed by atoms with van der Waals surface area (Å²) in [4.78, 5) is 0. The predicted molar refractivity (Wildman–Crippen MR) is 189 cm³/mol. The Morgan fingerprint density at radius 3 is 0.795 bits per heavy atom. The van der Waals surface area contributed by atoms with Crippen molar-refractivity contribution in [1.82, 2.24) is 0 Å². The fraction of sp³-hybridized carbons (Fsp3) is 0.105. The van der Waals surface area contributed by atoms with Crippen LogP contribution in [0.4, 0.5) is 0 Å². The first-order valence-electron chi connectivity index (χ1n) is 14.2. The van der Waals surface area contributed by atoms with E-state index in [2.05, 4.69) is 170 Å². The molecule has 0 radical (unpaired) electrons. The molecule has 6 heteroatoms. The van der Waals surface area contributed by atoms with Gasteiger partial charge in [-0.1, -0.05) is 121 Å². The van der Waals surface area contributed by atoms with E-state index in [0.29, 0.717) is 0 Å². The second kappa shape index (κ2) is 21.9. The van der Waals surface area contributed by atoms with Crippen molar-refractivity contribution < 1.29 is 33.0 Å². The zero-order chi connectivity index (χ0) is 30.0. The van der Waals surface area contributed by atoms with Gasteiger partial charge in [0.15, 0.2) is 0 Å². The van der Waals surface area contributed by atoms with E-state index >= 15 is 0 Å². The maximum Gasteiger partial charge on any atom is 2.00 e. The van der Waals surface area contributed by atoms with Crippen LogP contribution in [0.2, 0.25) is 0 Å². The third-order valence-electron chi connectivity index (χ3n) is 6.89. The van der Waals surface area contributed by atoms with Crippen LogP contribution in [-0.4, -0.2) is 0 Å². The van der Waals surface area contributed by atoms with Crippen LogP contribution in [0.25, 0.3) is 0 Å². The van der Waals surface area contributed by atoms with Crippen LogP contribution in [0.1, 0.15) is 22.3 Å². The summed E-state index contributed by atoms with van der Waals surface area (Å²) in [5.74, 6) is 0. The van der Waals surface area contributed by atoms with E-state index in [1.165, 1.54) is 32.9 Å². The molecule has 6 aromatic rings. The maximum absolute atomic E-state index is 4.81. The van der Waals surface area contributed by atoms with Crippen molar-refractivity contribution >= 4 is 45.5 Å². The van der Waals surface area contributed by atoms with Crippen LogP contribution < -0.4 is 10.6 Å². The molecule has 0 aliphatic rings. The Hall–Kier alpha value is -1.80. The van der Waals surface area contributed by atoms with Gasteiger partial charge in [0.25, 0.3) is 0 Å². The van der Waals surface area contributed by atoms with Crippen LogP contribution in [0.3, 0.4) is 0 Å². The number of rotatable bonds is 10. The monoisotopic (exact) mass is 786 g/mol. The van der Waals surface area contributed by atoms with Gasteiger partial charge in [-0.2, -0.15) is 24.3 Å². The minimum atomic E-state index is -0.171. The van der Waals surface area contributed by atoms with E-state index < -0.39 is 0 Å². The molecule has 0 nitrogen and oxygen atoms in total. The molecule has 0 spiro atoms. The number of halogens is 2. The molecular formula is C38H36Cl2FeP2Pd. The zero-order valence-corrected chi connectivity index (χ0v) is 30.3. The first kappa shape index (κ1) is 36.7.